The highest BCUT2D eigenvalue weighted by Crippen LogP contribution is 2.13. The molecular formula is C18H18BrFN2O3. The third kappa shape index (κ3) is 6.19. The summed E-state index contributed by atoms with van der Waals surface area (Å²) < 4.78 is 18.6. The molecule has 0 saturated carbocycles. The molecule has 25 heavy (non-hydrogen) atoms. The van der Waals surface area contributed by atoms with Gasteiger partial charge in [0.15, 0.2) is 0 Å². The van der Waals surface area contributed by atoms with Crippen LogP contribution >= 0.6 is 15.9 Å². The summed E-state index contributed by atoms with van der Waals surface area (Å²) in [6, 6.07) is 12.3. The number of benzene rings is 2. The maximum absolute atomic E-state index is 13.0. The third-order valence-corrected chi connectivity index (χ3v) is 4.00. The van der Waals surface area contributed by atoms with Crippen molar-refractivity contribution in [3.8, 4) is 0 Å². The SMILES string of the molecule is COC(=O)C(Cc1ccc(F)cc1)NC(=O)CNc1ccc(Br)cc1. The summed E-state index contributed by atoms with van der Waals surface area (Å²) >= 11 is 3.34. The molecular weight excluding hydrogens is 391 g/mol. The predicted octanol–water partition coefficient (Wildman–Crippen LogP) is 2.90. The first-order valence-corrected chi connectivity index (χ1v) is 8.38. The molecule has 1 atom stereocenters. The molecule has 0 fully saturated rings. The van der Waals surface area contributed by atoms with E-state index in [4.69, 9.17) is 4.74 Å². The van der Waals surface area contributed by atoms with Gasteiger partial charge in [-0.15, -0.1) is 0 Å². The molecule has 0 aliphatic carbocycles. The van der Waals surface area contributed by atoms with E-state index in [1.54, 1.807) is 12.1 Å². The highest BCUT2D eigenvalue weighted by molar-refractivity contribution is 9.10. The van der Waals surface area contributed by atoms with Gasteiger partial charge in [0.05, 0.1) is 13.7 Å². The fraction of sp³-hybridized carbons (Fsp3) is 0.222. The minimum Gasteiger partial charge on any atom is -0.467 e. The number of carbonyl (C=O) groups is 2. The van der Waals surface area contributed by atoms with Gasteiger partial charge < -0.3 is 15.4 Å². The van der Waals surface area contributed by atoms with Gasteiger partial charge in [0.2, 0.25) is 5.91 Å². The second kappa shape index (κ2) is 9.17. The van der Waals surface area contributed by atoms with Gasteiger partial charge in [0.25, 0.3) is 0 Å². The second-order valence-corrected chi connectivity index (χ2v) is 6.25. The Hall–Kier alpha value is -2.41. The molecule has 1 unspecified atom stereocenters. The van der Waals surface area contributed by atoms with Gasteiger partial charge in [-0.1, -0.05) is 28.1 Å². The van der Waals surface area contributed by atoms with Crippen molar-refractivity contribution in [3.63, 3.8) is 0 Å². The molecule has 0 aliphatic rings. The van der Waals surface area contributed by atoms with E-state index in [1.807, 2.05) is 24.3 Å². The van der Waals surface area contributed by atoms with Crippen LogP contribution in [0, 0.1) is 5.82 Å². The van der Waals surface area contributed by atoms with Crippen molar-refractivity contribution in [3.05, 3.63) is 64.4 Å². The Balaban J connectivity index is 1.93. The lowest BCUT2D eigenvalue weighted by Crippen LogP contribution is -2.45. The summed E-state index contributed by atoms with van der Waals surface area (Å²) in [5.74, 6) is -1.26. The van der Waals surface area contributed by atoms with Crippen LogP contribution in [0.2, 0.25) is 0 Å². The summed E-state index contributed by atoms with van der Waals surface area (Å²) in [7, 11) is 1.26. The van der Waals surface area contributed by atoms with Gasteiger partial charge in [-0.25, -0.2) is 9.18 Å². The minimum absolute atomic E-state index is 0.0124. The van der Waals surface area contributed by atoms with Gasteiger partial charge in [0, 0.05) is 16.6 Å². The minimum atomic E-state index is -0.838. The maximum atomic E-state index is 13.0. The normalized spacial score (nSPS) is 11.5. The summed E-state index contributed by atoms with van der Waals surface area (Å²) in [4.78, 5) is 24.0. The van der Waals surface area contributed by atoms with Crippen molar-refractivity contribution >= 4 is 33.5 Å². The number of halogens is 2. The van der Waals surface area contributed by atoms with Crippen molar-refractivity contribution in [1.82, 2.24) is 5.32 Å². The Labute approximate surface area is 153 Å². The van der Waals surface area contributed by atoms with Crippen LogP contribution in [0.3, 0.4) is 0 Å². The molecule has 0 saturated heterocycles. The number of rotatable bonds is 7. The summed E-state index contributed by atoms with van der Waals surface area (Å²) in [5.41, 5.74) is 1.50. The number of hydrogen-bond donors (Lipinski definition) is 2. The van der Waals surface area contributed by atoms with Crippen LogP contribution in [0.15, 0.2) is 53.0 Å². The molecule has 0 heterocycles. The van der Waals surface area contributed by atoms with Crippen molar-refractivity contribution in [2.24, 2.45) is 0 Å². The van der Waals surface area contributed by atoms with E-state index in [2.05, 4.69) is 26.6 Å². The zero-order valence-electron chi connectivity index (χ0n) is 13.6. The van der Waals surface area contributed by atoms with Gasteiger partial charge in [0.1, 0.15) is 11.9 Å². The number of anilines is 1. The van der Waals surface area contributed by atoms with E-state index in [0.717, 1.165) is 15.7 Å². The van der Waals surface area contributed by atoms with Crippen molar-refractivity contribution in [2.45, 2.75) is 12.5 Å². The van der Waals surface area contributed by atoms with Crippen LogP contribution in [-0.4, -0.2) is 31.6 Å². The molecule has 0 aliphatic heterocycles. The summed E-state index contributed by atoms with van der Waals surface area (Å²) in [6.45, 7) is 0.0124. The fourth-order valence-corrected chi connectivity index (χ4v) is 2.45. The van der Waals surface area contributed by atoms with E-state index in [1.165, 1.54) is 19.2 Å². The van der Waals surface area contributed by atoms with Crippen LogP contribution in [0.4, 0.5) is 10.1 Å². The van der Waals surface area contributed by atoms with Crippen LogP contribution < -0.4 is 10.6 Å². The predicted molar refractivity (Wildman–Crippen MR) is 96.7 cm³/mol. The Morgan fingerprint density at radius 3 is 2.36 bits per heavy atom. The first-order valence-electron chi connectivity index (χ1n) is 7.59. The van der Waals surface area contributed by atoms with Gasteiger partial charge in [-0.3, -0.25) is 4.79 Å². The van der Waals surface area contributed by atoms with E-state index < -0.39 is 12.0 Å². The molecule has 1 amide bonds. The number of hydrogen-bond acceptors (Lipinski definition) is 4. The topological polar surface area (TPSA) is 67.4 Å². The van der Waals surface area contributed by atoms with Crippen molar-refractivity contribution < 1.29 is 18.7 Å². The molecule has 0 aromatic heterocycles. The summed E-state index contributed by atoms with van der Waals surface area (Å²) in [5, 5.41) is 5.60. The molecule has 2 N–H and O–H groups in total. The molecule has 2 aromatic rings. The lowest BCUT2D eigenvalue weighted by Gasteiger charge is -2.17. The number of methoxy groups -OCH3 is 1. The van der Waals surface area contributed by atoms with Crippen molar-refractivity contribution in [1.29, 1.82) is 0 Å². The van der Waals surface area contributed by atoms with Crippen LogP contribution in [0.5, 0.6) is 0 Å². The standard InChI is InChI=1S/C18H18BrFN2O3/c1-25-18(24)16(10-12-2-6-14(20)7-3-12)22-17(23)11-21-15-8-4-13(19)5-9-15/h2-9,16,21H,10-11H2,1H3,(H,22,23). The van der Waals surface area contributed by atoms with Crippen LogP contribution in [-0.2, 0) is 20.7 Å². The quantitative estimate of drug-likeness (QED) is 0.691. The van der Waals surface area contributed by atoms with Gasteiger partial charge >= 0.3 is 5.97 Å². The Bertz CT molecular complexity index is 720. The first-order chi connectivity index (χ1) is 12.0. The van der Waals surface area contributed by atoms with Gasteiger partial charge in [-0.05, 0) is 42.0 Å². The molecule has 132 valence electrons. The highest BCUT2D eigenvalue weighted by atomic mass is 79.9. The lowest BCUT2D eigenvalue weighted by atomic mass is 10.1. The number of carbonyl (C=O) groups excluding carboxylic acids is 2. The number of amides is 1. The van der Waals surface area contributed by atoms with Gasteiger partial charge in [-0.2, -0.15) is 0 Å². The Morgan fingerprint density at radius 1 is 1.12 bits per heavy atom. The summed E-state index contributed by atoms with van der Waals surface area (Å²) in [6.07, 6.45) is 0.219. The zero-order chi connectivity index (χ0) is 18.2. The van der Waals surface area contributed by atoms with Crippen molar-refractivity contribution in [2.75, 3.05) is 19.0 Å². The van der Waals surface area contributed by atoms with E-state index >= 15 is 0 Å². The number of esters is 1. The Kier molecular flexibility index (Phi) is 6.94. The molecule has 0 radical (unpaired) electrons. The second-order valence-electron chi connectivity index (χ2n) is 5.33. The van der Waals surface area contributed by atoms with E-state index in [9.17, 15) is 14.0 Å². The average Bonchev–Trinajstić information content (AvgIpc) is 2.62. The molecule has 5 nitrogen and oxygen atoms in total. The van der Waals surface area contributed by atoms with Crippen LogP contribution in [0.25, 0.3) is 0 Å². The lowest BCUT2D eigenvalue weighted by molar-refractivity contribution is -0.144. The third-order valence-electron chi connectivity index (χ3n) is 3.47. The monoisotopic (exact) mass is 408 g/mol. The van der Waals surface area contributed by atoms with E-state index in [-0.39, 0.29) is 24.7 Å². The zero-order valence-corrected chi connectivity index (χ0v) is 15.2. The maximum Gasteiger partial charge on any atom is 0.328 e. The average molecular weight is 409 g/mol. The molecule has 0 bridgehead atoms. The van der Waals surface area contributed by atoms with Crippen LogP contribution in [0.1, 0.15) is 5.56 Å². The number of nitrogens with one attached hydrogen (secondary N) is 2. The fourth-order valence-electron chi connectivity index (χ4n) is 2.19. The largest absolute Gasteiger partial charge is 0.467 e. The Morgan fingerprint density at radius 2 is 1.76 bits per heavy atom. The van der Waals surface area contributed by atoms with E-state index in [0.29, 0.717) is 0 Å². The molecule has 2 rings (SSSR count). The first kappa shape index (κ1) is 18.9. The smallest absolute Gasteiger partial charge is 0.328 e. The molecule has 7 heteroatoms. The molecule has 2 aromatic carbocycles. The highest BCUT2D eigenvalue weighted by Gasteiger charge is 2.21. The molecule has 0 spiro atoms. The number of ether oxygens (including phenoxy) is 1.